The van der Waals surface area contributed by atoms with E-state index in [9.17, 15) is 9.59 Å². The van der Waals surface area contributed by atoms with Gasteiger partial charge in [-0.2, -0.15) is 0 Å². The van der Waals surface area contributed by atoms with Gasteiger partial charge in [-0.05, 0) is 33.1 Å². The SMILES string of the molecule is CC(C)NC(=O)C1CCC(C(=O)O)C1. The molecule has 0 aromatic carbocycles. The zero-order valence-electron chi connectivity index (χ0n) is 8.62. The van der Waals surface area contributed by atoms with E-state index in [0.29, 0.717) is 19.3 Å². The van der Waals surface area contributed by atoms with E-state index in [2.05, 4.69) is 5.32 Å². The third kappa shape index (κ3) is 2.72. The summed E-state index contributed by atoms with van der Waals surface area (Å²) >= 11 is 0. The maximum atomic E-state index is 11.5. The molecule has 2 unspecified atom stereocenters. The number of nitrogens with one attached hydrogen (secondary N) is 1. The quantitative estimate of drug-likeness (QED) is 0.713. The van der Waals surface area contributed by atoms with E-state index in [1.807, 2.05) is 13.8 Å². The molecule has 0 saturated heterocycles. The Kier molecular flexibility index (Phi) is 3.49. The molecule has 0 heterocycles. The summed E-state index contributed by atoms with van der Waals surface area (Å²) in [6.07, 6.45) is 1.83. The predicted octanol–water partition coefficient (Wildman–Crippen LogP) is 1.01. The number of carboxylic acid groups (broad SMARTS) is 1. The van der Waals surface area contributed by atoms with Gasteiger partial charge in [-0.3, -0.25) is 9.59 Å². The van der Waals surface area contributed by atoms with Crippen LogP contribution < -0.4 is 5.32 Å². The fraction of sp³-hybridized carbons (Fsp3) is 0.800. The highest BCUT2D eigenvalue weighted by molar-refractivity contribution is 5.81. The lowest BCUT2D eigenvalue weighted by molar-refractivity contribution is -0.141. The first-order chi connectivity index (χ1) is 6.50. The third-order valence-electron chi connectivity index (χ3n) is 2.58. The lowest BCUT2D eigenvalue weighted by atomic mass is 10.0. The number of hydrogen-bond acceptors (Lipinski definition) is 2. The second-order valence-corrected chi connectivity index (χ2v) is 4.21. The highest BCUT2D eigenvalue weighted by Crippen LogP contribution is 2.31. The fourth-order valence-electron chi connectivity index (χ4n) is 1.85. The van der Waals surface area contributed by atoms with Crippen LogP contribution in [0.1, 0.15) is 33.1 Å². The summed E-state index contributed by atoms with van der Waals surface area (Å²) in [6.45, 7) is 3.81. The molecule has 1 rings (SSSR count). The van der Waals surface area contributed by atoms with Crippen LogP contribution in [-0.4, -0.2) is 23.0 Å². The molecular formula is C10H17NO3. The zero-order valence-corrected chi connectivity index (χ0v) is 8.62. The van der Waals surface area contributed by atoms with Crippen molar-refractivity contribution in [1.29, 1.82) is 0 Å². The van der Waals surface area contributed by atoms with Gasteiger partial charge < -0.3 is 10.4 Å². The van der Waals surface area contributed by atoms with Crippen LogP contribution in [0, 0.1) is 11.8 Å². The van der Waals surface area contributed by atoms with E-state index in [0.717, 1.165) is 0 Å². The molecule has 0 radical (unpaired) electrons. The lowest BCUT2D eigenvalue weighted by Crippen LogP contribution is -2.34. The van der Waals surface area contributed by atoms with Gasteiger partial charge in [0.05, 0.1) is 5.92 Å². The van der Waals surface area contributed by atoms with E-state index in [1.54, 1.807) is 0 Å². The van der Waals surface area contributed by atoms with Gasteiger partial charge in [0.2, 0.25) is 5.91 Å². The largest absolute Gasteiger partial charge is 0.481 e. The van der Waals surface area contributed by atoms with Gasteiger partial charge in [-0.1, -0.05) is 0 Å². The van der Waals surface area contributed by atoms with Crippen molar-refractivity contribution in [2.75, 3.05) is 0 Å². The van der Waals surface area contributed by atoms with Crippen LogP contribution in [0.4, 0.5) is 0 Å². The van der Waals surface area contributed by atoms with Crippen molar-refractivity contribution < 1.29 is 14.7 Å². The molecule has 0 spiro atoms. The molecule has 0 aliphatic heterocycles. The van der Waals surface area contributed by atoms with Crippen LogP contribution in [0.25, 0.3) is 0 Å². The zero-order chi connectivity index (χ0) is 10.7. The summed E-state index contributed by atoms with van der Waals surface area (Å²) in [5, 5.41) is 11.6. The number of hydrogen-bond donors (Lipinski definition) is 2. The Bertz CT molecular complexity index is 238. The Hall–Kier alpha value is -1.06. The standard InChI is InChI=1S/C10H17NO3/c1-6(2)11-9(12)7-3-4-8(5-7)10(13)14/h6-8H,3-5H2,1-2H3,(H,11,12)(H,13,14). The van der Waals surface area contributed by atoms with Crippen molar-refractivity contribution in [2.24, 2.45) is 11.8 Å². The molecule has 4 heteroatoms. The minimum atomic E-state index is -0.773. The number of carboxylic acids is 1. The summed E-state index contributed by atoms with van der Waals surface area (Å²) in [6, 6.07) is 0.131. The molecule has 2 N–H and O–H groups in total. The van der Waals surface area contributed by atoms with E-state index >= 15 is 0 Å². The van der Waals surface area contributed by atoms with E-state index < -0.39 is 5.97 Å². The van der Waals surface area contributed by atoms with Crippen molar-refractivity contribution in [3.63, 3.8) is 0 Å². The maximum absolute atomic E-state index is 11.5. The Morgan fingerprint density at radius 3 is 2.29 bits per heavy atom. The van der Waals surface area contributed by atoms with Crippen molar-refractivity contribution in [1.82, 2.24) is 5.32 Å². The summed E-state index contributed by atoms with van der Waals surface area (Å²) in [5.74, 6) is -1.19. The number of amides is 1. The topological polar surface area (TPSA) is 66.4 Å². The molecule has 1 fully saturated rings. The molecule has 2 atom stereocenters. The second-order valence-electron chi connectivity index (χ2n) is 4.21. The van der Waals surface area contributed by atoms with E-state index in [4.69, 9.17) is 5.11 Å². The molecule has 1 aliphatic carbocycles. The molecule has 0 aromatic heterocycles. The van der Waals surface area contributed by atoms with E-state index in [-0.39, 0.29) is 23.8 Å². The Labute approximate surface area is 83.7 Å². The third-order valence-corrected chi connectivity index (χ3v) is 2.58. The second kappa shape index (κ2) is 4.44. The molecule has 1 amide bonds. The normalized spacial score (nSPS) is 26.5. The molecule has 4 nitrogen and oxygen atoms in total. The smallest absolute Gasteiger partial charge is 0.306 e. The maximum Gasteiger partial charge on any atom is 0.306 e. The van der Waals surface area contributed by atoms with Crippen molar-refractivity contribution in [3.8, 4) is 0 Å². The van der Waals surface area contributed by atoms with Crippen LogP contribution in [0.15, 0.2) is 0 Å². The van der Waals surface area contributed by atoms with Crippen LogP contribution in [0.2, 0.25) is 0 Å². The highest BCUT2D eigenvalue weighted by atomic mass is 16.4. The molecule has 1 saturated carbocycles. The number of carbonyl (C=O) groups excluding carboxylic acids is 1. The monoisotopic (exact) mass is 199 g/mol. The minimum Gasteiger partial charge on any atom is -0.481 e. The van der Waals surface area contributed by atoms with Gasteiger partial charge in [-0.25, -0.2) is 0 Å². The van der Waals surface area contributed by atoms with Gasteiger partial charge in [0.15, 0.2) is 0 Å². The van der Waals surface area contributed by atoms with Crippen LogP contribution in [-0.2, 0) is 9.59 Å². The summed E-state index contributed by atoms with van der Waals surface area (Å²) in [7, 11) is 0. The average Bonchev–Trinajstić information content (AvgIpc) is 2.50. The summed E-state index contributed by atoms with van der Waals surface area (Å²) in [4.78, 5) is 22.2. The number of carbonyl (C=O) groups is 2. The first kappa shape index (κ1) is 11.0. The molecule has 0 aromatic rings. The van der Waals surface area contributed by atoms with Gasteiger partial charge in [0, 0.05) is 12.0 Å². The van der Waals surface area contributed by atoms with Crippen molar-refractivity contribution in [2.45, 2.75) is 39.2 Å². The lowest BCUT2D eigenvalue weighted by Gasteiger charge is -2.13. The van der Waals surface area contributed by atoms with Crippen molar-refractivity contribution in [3.05, 3.63) is 0 Å². The molecule has 80 valence electrons. The molecule has 0 bridgehead atoms. The van der Waals surface area contributed by atoms with Crippen LogP contribution >= 0.6 is 0 Å². The number of aliphatic carboxylic acids is 1. The van der Waals surface area contributed by atoms with E-state index in [1.165, 1.54) is 0 Å². The van der Waals surface area contributed by atoms with Crippen LogP contribution in [0.3, 0.4) is 0 Å². The molecule has 1 aliphatic rings. The minimum absolute atomic E-state index is 0.00347. The van der Waals surface area contributed by atoms with Crippen molar-refractivity contribution >= 4 is 11.9 Å². The molecular weight excluding hydrogens is 182 g/mol. The Morgan fingerprint density at radius 2 is 1.86 bits per heavy atom. The van der Waals surface area contributed by atoms with Gasteiger partial charge >= 0.3 is 5.97 Å². The first-order valence-corrected chi connectivity index (χ1v) is 5.04. The van der Waals surface area contributed by atoms with Gasteiger partial charge in [-0.15, -0.1) is 0 Å². The first-order valence-electron chi connectivity index (χ1n) is 5.04. The Balaban J connectivity index is 2.42. The van der Waals surface area contributed by atoms with Gasteiger partial charge in [0.25, 0.3) is 0 Å². The van der Waals surface area contributed by atoms with Crippen LogP contribution in [0.5, 0.6) is 0 Å². The van der Waals surface area contributed by atoms with Gasteiger partial charge in [0.1, 0.15) is 0 Å². The average molecular weight is 199 g/mol. The number of rotatable bonds is 3. The highest BCUT2D eigenvalue weighted by Gasteiger charge is 2.33. The summed E-state index contributed by atoms with van der Waals surface area (Å²) in [5.41, 5.74) is 0. The Morgan fingerprint density at radius 1 is 1.29 bits per heavy atom. The fourth-order valence-corrected chi connectivity index (χ4v) is 1.85. The molecule has 14 heavy (non-hydrogen) atoms. The predicted molar refractivity (Wildman–Crippen MR) is 51.7 cm³/mol. The summed E-state index contributed by atoms with van der Waals surface area (Å²) < 4.78 is 0.